The fourth-order valence-electron chi connectivity index (χ4n) is 2.56. The van der Waals surface area contributed by atoms with E-state index in [1.54, 1.807) is 13.2 Å². The van der Waals surface area contributed by atoms with Gasteiger partial charge in [-0.15, -0.1) is 0 Å². The lowest BCUT2D eigenvalue weighted by atomic mass is 10.1. The predicted molar refractivity (Wildman–Crippen MR) is 83.0 cm³/mol. The van der Waals surface area contributed by atoms with E-state index in [-0.39, 0.29) is 11.8 Å². The number of hydrogen-bond donors (Lipinski definition) is 0. The Morgan fingerprint density at radius 1 is 1.48 bits per heavy atom. The molecule has 1 atom stereocenters. The van der Waals surface area contributed by atoms with E-state index in [4.69, 9.17) is 14.8 Å². The van der Waals surface area contributed by atoms with E-state index >= 15 is 0 Å². The Bertz CT molecular complexity index is 749. The predicted octanol–water partition coefficient (Wildman–Crippen LogP) is 3.01. The summed E-state index contributed by atoms with van der Waals surface area (Å²) in [5, 5.41) is 7.55. The van der Waals surface area contributed by atoms with Crippen LogP contribution in [0, 0.1) is 5.92 Å². The minimum atomic E-state index is -0.0550. The van der Waals surface area contributed by atoms with E-state index in [0.717, 1.165) is 11.3 Å². The van der Waals surface area contributed by atoms with Crippen LogP contribution in [-0.4, -0.2) is 31.3 Å². The summed E-state index contributed by atoms with van der Waals surface area (Å²) in [5.74, 6) is 1.12. The van der Waals surface area contributed by atoms with E-state index < -0.39 is 0 Å². The highest BCUT2D eigenvalue weighted by atomic mass is 16.5. The number of methoxy groups -OCH3 is 1. The van der Waals surface area contributed by atoms with Crippen molar-refractivity contribution in [1.82, 2.24) is 5.16 Å². The summed E-state index contributed by atoms with van der Waals surface area (Å²) < 4.78 is 10.4. The van der Waals surface area contributed by atoms with Crippen LogP contribution in [0.15, 0.2) is 40.0 Å². The van der Waals surface area contributed by atoms with Crippen LogP contribution in [-0.2, 0) is 4.79 Å². The molecule has 1 aromatic heterocycles. The number of carbonyl (C=O) groups excluding carboxylic acids is 1. The van der Waals surface area contributed by atoms with Crippen molar-refractivity contribution in [1.29, 1.82) is 0 Å². The summed E-state index contributed by atoms with van der Waals surface area (Å²) >= 11 is 0. The number of nitrogens with zero attached hydrogens (tertiary/aromatic N) is 5. The summed E-state index contributed by atoms with van der Waals surface area (Å²) in [6.45, 7) is 0.771. The lowest BCUT2D eigenvalue weighted by Crippen LogP contribution is -2.24. The van der Waals surface area contributed by atoms with Crippen LogP contribution >= 0.6 is 0 Å². The lowest BCUT2D eigenvalue weighted by molar-refractivity contribution is -0.117. The van der Waals surface area contributed by atoms with Crippen LogP contribution in [0.25, 0.3) is 21.7 Å². The summed E-state index contributed by atoms with van der Waals surface area (Å²) in [7, 11) is 1.61. The first-order valence-electron chi connectivity index (χ1n) is 7.13. The maximum absolute atomic E-state index is 12.1. The van der Waals surface area contributed by atoms with E-state index in [2.05, 4.69) is 15.2 Å². The van der Waals surface area contributed by atoms with Crippen LogP contribution in [0.5, 0.6) is 5.75 Å². The third kappa shape index (κ3) is 3.12. The van der Waals surface area contributed by atoms with Gasteiger partial charge in [-0.3, -0.25) is 9.69 Å². The van der Waals surface area contributed by atoms with E-state index in [9.17, 15) is 4.79 Å². The molecule has 0 bridgehead atoms. The molecular formula is C15H15N5O3. The second kappa shape index (κ2) is 6.41. The van der Waals surface area contributed by atoms with Crippen LogP contribution in [0.4, 0.5) is 5.88 Å². The monoisotopic (exact) mass is 313 g/mol. The van der Waals surface area contributed by atoms with Gasteiger partial charge in [-0.1, -0.05) is 10.3 Å². The van der Waals surface area contributed by atoms with Gasteiger partial charge in [0, 0.05) is 36.1 Å². The number of ether oxygens (including phenoxy) is 1. The summed E-state index contributed by atoms with van der Waals surface area (Å²) in [6, 6.07) is 9.14. The quantitative estimate of drug-likeness (QED) is 0.480. The first-order chi connectivity index (χ1) is 11.2. The third-order valence-electron chi connectivity index (χ3n) is 3.76. The number of carbonyl (C=O) groups is 1. The molecule has 0 radical (unpaired) electrons. The zero-order chi connectivity index (χ0) is 16.2. The van der Waals surface area contributed by atoms with E-state index in [0.29, 0.717) is 31.1 Å². The highest BCUT2D eigenvalue weighted by Gasteiger charge is 2.32. The van der Waals surface area contributed by atoms with Crippen molar-refractivity contribution in [2.75, 3.05) is 25.1 Å². The summed E-state index contributed by atoms with van der Waals surface area (Å²) in [6.07, 6.45) is 0.345. The molecule has 0 spiro atoms. The minimum Gasteiger partial charge on any atom is -0.497 e. The van der Waals surface area contributed by atoms with Crippen LogP contribution < -0.4 is 9.64 Å². The zero-order valence-corrected chi connectivity index (χ0v) is 12.5. The van der Waals surface area contributed by atoms with E-state index in [1.807, 2.05) is 24.3 Å². The second-order valence-corrected chi connectivity index (χ2v) is 5.27. The van der Waals surface area contributed by atoms with Crippen molar-refractivity contribution >= 4 is 11.8 Å². The van der Waals surface area contributed by atoms with Gasteiger partial charge >= 0.3 is 0 Å². The number of aromatic nitrogens is 1. The number of azide groups is 1. The van der Waals surface area contributed by atoms with Gasteiger partial charge in [0.05, 0.1) is 7.11 Å². The molecule has 1 aromatic carbocycles. The zero-order valence-electron chi connectivity index (χ0n) is 12.5. The Kier molecular flexibility index (Phi) is 4.16. The lowest BCUT2D eigenvalue weighted by Gasteiger charge is -2.10. The van der Waals surface area contributed by atoms with Gasteiger partial charge in [0.15, 0.2) is 0 Å². The third-order valence-corrected chi connectivity index (χ3v) is 3.76. The maximum Gasteiger partial charge on any atom is 0.234 e. The summed E-state index contributed by atoms with van der Waals surface area (Å²) in [5.41, 5.74) is 9.88. The van der Waals surface area contributed by atoms with Crippen molar-refractivity contribution in [3.8, 4) is 17.0 Å². The van der Waals surface area contributed by atoms with Gasteiger partial charge in [-0.05, 0) is 35.7 Å². The molecule has 0 saturated carbocycles. The molecule has 1 amide bonds. The number of rotatable bonds is 5. The van der Waals surface area contributed by atoms with Gasteiger partial charge in [0.1, 0.15) is 11.4 Å². The van der Waals surface area contributed by atoms with Crippen molar-refractivity contribution in [2.24, 2.45) is 11.0 Å². The fraction of sp³-hybridized carbons (Fsp3) is 0.333. The molecule has 8 nitrogen and oxygen atoms in total. The minimum absolute atomic E-state index is 0.00735. The van der Waals surface area contributed by atoms with E-state index in [1.165, 1.54) is 4.90 Å². The Hall–Kier alpha value is -2.99. The average Bonchev–Trinajstić information content (AvgIpc) is 3.19. The Labute approximate surface area is 132 Å². The van der Waals surface area contributed by atoms with Gasteiger partial charge in [-0.2, -0.15) is 0 Å². The maximum atomic E-state index is 12.1. The number of hydrogen-bond acceptors (Lipinski definition) is 5. The number of anilines is 1. The molecule has 118 valence electrons. The van der Waals surface area contributed by atoms with Crippen molar-refractivity contribution in [2.45, 2.75) is 6.42 Å². The second-order valence-electron chi connectivity index (χ2n) is 5.27. The SMILES string of the molecule is COc1ccc(-c2cc(N3CC(CN=[N+]=[N-])CC3=O)on2)cc1. The molecule has 23 heavy (non-hydrogen) atoms. The number of amides is 1. The molecule has 1 aliphatic heterocycles. The highest BCUT2D eigenvalue weighted by Crippen LogP contribution is 2.29. The molecular weight excluding hydrogens is 298 g/mol. The summed E-state index contributed by atoms with van der Waals surface area (Å²) in [4.78, 5) is 16.3. The van der Waals surface area contributed by atoms with Gasteiger partial charge < -0.3 is 9.26 Å². The van der Waals surface area contributed by atoms with Crippen LogP contribution in [0.2, 0.25) is 0 Å². The van der Waals surface area contributed by atoms with Crippen molar-refractivity contribution in [3.05, 3.63) is 40.8 Å². The molecule has 3 rings (SSSR count). The Morgan fingerprint density at radius 3 is 2.96 bits per heavy atom. The fourth-order valence-corrected chi connectivity index (χ4v) is 2.56. The molecule has 0 aliphatic carbocycles. The van der Waals surface area contributed by atoms with Gasteiger partial charge in [-0.25, -0.2) is 0 Å². The standard InChI is InChI=1S/C15H15N5O3/c1-22-12-4-2-11(3-5-12)13-7-15(23-18-13)20-9-10(6-14(20)21)8-17-19-16/h2-5,7,10H,6,8-9H2,1H3. The molecule has 1 aliphatic rings. The van der Waals surface area contributed by atoms with Gasteiger partial charge in [0.25, 0.3) is 0 Å². The largest absolute Gasteiger partial charge is 0.497 e. The van der Waals surface area contributed by atoms with Gasteiger partial charge in [0.2, 0.25) is 11.8 Å². The van der Waals surface area contributed by atoms with Crippen molar-refractivity contribution < 1.29 is 14.1 Å². The molecule has 1 fully saturated rings. The first kappa shape index (κ1) is 14.9. The number of benzene rings is 1. The molecule has 2 heterocycles. The normalized spacial score (nSPS) is 17.2. The van der Waals surface area contributed by atoms with Crippen LogP contribution in [0.3, 0.4) is 0 Å². The Morgan fingerprint density at radius 2 is 2.26 bits per heavy atom. The Balaban J connectivity index is 1.76. The molecule has 0 N–H and O–H groups in total. The molecule has 1 saturated heterocycles. The molecule has 2 aromatic rings. The molecule has 8 heteroatoms. The van der Waals surface area contributed by atoms with Crippen molar-refractivity contribution in [3.63, 3.8) is 0 Å². The molecule has 1 unspecified atom stereocenters. The highest BCUT2D eigenvalue weighted by molar-refractivity contribution is 5.94. The first-order valence-corrected chi connectivity index (χ1v) is 7.13. The average molecular weight is 313 g/mol. The smallest absolute Gasteiger partial charge is 0.234 e. The van der Waals surface area contributed by atoms with Crippen LogP contribution in [0.1, 0.15) is 6.42 Å². The topological polar surface area (TPSA) is 104 Å².